The van der Waals surface area contributed by atoms with Crippen LogP contribution in [0.1, 0.15) is 32.0 Å². The SMILES string of the molecule is Cc1cc(C(C)(C)C)c2cccc(F)c2n1. The molecule has 0 bridgehead atoms. The van der Waals surface area contributed by atoms with Gasteiger partial charge in [-0.1, -0.05) is 32.9 Å². The molecule has 2 rings (SSSR count). The minimum atomic E-state index is -0.244. The Morgan fingerprint density at radius 3 is 2.50 bits per heavy atom. The number of hydrogen-bond acceptors (Lipinski definition) is 1. The van der Waals surface area contributed by atoms with Crippen molar-refractivity contribution in [3.8, 4) is 0 Å². The molecule has 0 fully saturated rings. The summed E-state index contributed by atoms with van der Waals surface area (Å²) in [7, 11) is 0. The molecule has 0 aliphatic carbocycles. The van der Waals surface area contributed by atoms with Crippen molar-refractivity contribution in [1.29, 1.82) is 0 Å². The van der Waals surface area contributed by atoms with Crippen molar-refractivity contribution in [2.24, 2.45) is 0 Å². The van der Waals surface area contributed by atoms with Gasteiger partial charge in [-0.25, -0.2) is 4.39 Å². The fraction of sp³-hybridized carbons (Fsp3) is 0.357. The summed E-state index contributed by atoms with van der Waals surface area (Å²) in [6.45, 7) is 8.30. The number of aryl methyl sites for hydroxylation is 1. The molecule has 1 nitrogen and oxygen atoms in total. The number of fused-ring (bicyclic) bond motifs is 1. The van der Waals surface area contributed by atoms with Gasteiger partial charge in [-0.15, -0.1) is 0 Å². The van der Waals surface area contributed by atoms with Crippen LogP contribution in [0.15, 0.2) is 24.3 Å². The Kier molecular flexibility index (Phi) is 2.45. The molecular formula is C14H16FN. The van der Waals surface area contributed by atoms with E-state index in [1.807, 2.05) is 19.1 Å². The zero-order chi connectivity index (χ0) is 11.9. The van der Waals surface area contributed by atoms with Crippen molar-refractivity contribution in [2.75, 3.05) is 0 Å². The molecule has 0 radical (unpaired) electrons. The molecule has 1 aromatic carbocycles. The molecule has 0 amide bonds. The Morgan fingerprint density at radius 1 is 1.19 bits per heavy atom. The van der Waals surface area contributed by atoms with E-state index in [9.17, 15) is 4.39 Å². The Labute approximate surface area is 95.3 Å². The number of aromatic nitrogens is 1. The Balaban J connectivity index is 2.89. The first kappa shape index (κ1) is 11.1. The van der Waals surface area contributed by atoms with Gasteiger partial charge in [-0.05, 0) is 30.0 Å². The summed E-state index contributed by atoms with van der Waals surface area (Å²) in [6, 6.07) is 7.18. The number of para-hydroxylation sites is 1. The van der Waals surface area contributed by atoms with Gasteiger partial charge in [0.05, 0.1) is 0 Å². The van der Waals surface area contributed by atoms with Crippen LogP contribution in [0.5, 0.6) is 0 Å². The van der Waals surface area contributed by atoms with Crippen molar-refractivity contribution in [3.63, 3.8) is 0 Å². The maximum atomic E-state index is 13.7. The molecule has 0 atom stereocenters. The standard InChI is InChI=1S/C14H16FN/c1-9-8-11(14(2,3)4)10-6-5-7-12(15)13(10)16-9/h5-8H,1-4H3. The van der Waals surface area contributed by atoms with Gasteiger partial charge in [0.25, 0.3) is 0 Å². The summed E-state index contributed by atoms with van der Waals surface area (Å²) in [5, 5.41) is 0.915. The topological polar surface area (TPSA) is 12.9 Å². The third kappa shape index (κ3) is 1.80. The first-order valence-corrected chi connectivity index (χ1v) is 5.46. The van der Waals surface area contributed by atoms with Gasteiger partial charge in [0.1, 0.15) is 11.3 Å². The lowest BCUT2D eigenvalue weighted by Gasteiger charge is -2.21. The van der Waals surface area contributed by atoms with Crippen LogP contribution in [0.25, 0.3) is 10.9 Å². The minimum Gasteiger partial charge on any atom is -0.250 e. The van der Waals surface area contributed by atoms with Gasteiger partial charge < -0.3 is 0 Å². The molecule has 84 valence electrons. The van der Waals surface area contributed by atoms with Crippen molar-refractivity contribution in [2.45, 2.75) is 33.1 Å². The molecule has 0 saturated carbocycles. The maximum Gasteiger partial charge on any atom is 0.149 e. The van der Waals surface area contributed by atoms with Crippen LogP contribution < -0.4 is 0 Å². The van der Waals surface area contributed by atoms with Crippen LogP contribution in [-0.4, -0.2) is 4.98 Å². The lowest BCUT2D eigenvalue weighted by molar-refractivity contribution is 0.593. The lowest BCUT2D eigenvalue weighted by atomic mass is 9.84. The second kappa shape index (κ2) is 3.55. The molecule has 0 aliphatic rings. The summed E-state index contributed by atoms with van der Waals surface area (Å²) in [5.41, 5.74) is 2.49. The Morgan fingerprint density at radius 2 is 1.88 bits per heavy atom. The van der Waals surface area contributed by atoms with Crippen LogP contribution in [0.4, 0.5) is 4.39 Å². The highest BCUT2D eigenvalue weighted by atomic mass is 19.1. The molecule has 1 aromatic heterocycles. The van der Waals surface area contributed by atoms with Gasteiger partial charge in [-0.2, -0.15) is 0 Å². The molecule has 0 spiro atoms. The van der Waals surface area contributed by atoms with Crippen molar-refractivity contribution in [1.82, 2.24) is 4.98 Å². The highest BCUT2D eigenvalue weighted by molar-refractivity contribution is 5.83. The van der Waals surface area contributed by atoms with Crippen LogP contribution in [-0.2, 0) is 5.41 Å². The number of hydrogen-bond donors (Lipinski definition) is 0. The molecule has 0 N–H and O–H groups in total. The summed E-state index contributed by atoms with van der Waals surface area (Å²) in [5.74, 6) is -0.244. The zero-order valence-electron chi connectivity index (χ0n) is 10.1. The van der Waals surface area contributed by atoms with Crippen molar-refractivity contribution in [3.05, 3.63) is 41.3 Å². The van der Waals surface area contributed by atoms with E-state index in [1.54, 1.807) is 6.07 Å². The third-order valence-corrected chi connectivity index (χ3v) is 2.73. The van der Waals surface area contributed by atoms with Gasteiger partial charge >= 0.3 is 0 Å². The minimum absolute atomic E-state index is 0.000255. The largest absolute Gasteiger partial charge is 0.250 e. The first-order chi connectivity index (χ1) is 7.39. The highest BCUT2D eigenvalue weighted by Crippen LogP contribution is 2.30. The summed E-state index contributed by atoms with van der Waals surface area (Å²) < 4.78 is 13.7. The normalized spacial score (nSPS) is 12.1. The van der Waals surface area contributed by atoms with E-state index in [0.29, 0.717) is 5.52 Å². The zero-order valence-corrected chi connectivity index (χ0v) is 10.1. The molecule has 2 heteroatoms. The summed E-state index contributed by atoms with van der Waals surface area (Å²) in [4.78, 5) is 4.27. The third-order valence-electron chi connectivity index (χ3n) is 2.73. The van der Waals surface area contributed by atoms with Gasteiger partial charge in [0.15, 0.2) is 0 Å². The fourth-order valence-corrected chi connectivity index (χ4v) is 1.96. The second-order valence-corrected chi connectivity index (χ2v) is 5.20. The lowest BCUT2D eigenvalue weighted by Crippen LogP contribution is -2.12. The van der Waals surface area contributed by atoms with E-state index in [-0.39, 0.29) is 11.2 Å². The summed E-state index contributed by atoms with van der Waals surface area (Å²) in [6.07, 6.45) is 0. The van der Waals surface area contributed by atoms with E-state index in [0.717, 1.165) is 16.6 Å². The second-order valence-electron chi connectivity index (χ2n) is 5.20. The van der Waals surface area contributed by atoms with Gasteiger partial charge in [0.2, 0.25) is 0 Å². The molecule has 1 heterocycles. The molecule has 2 aromatic rings. The van der Waals surface area contributed by atoms with Crippen LogP contribution in [0.2, 0.25) is 0 Å². The van der Waals surface area contributed by atoms with Crippen LogP contribution in [0, 0.1) is 12.7 Å². The first-order valence-electron chi connectivity index (χ1n) is 5.46. The molecular weight excluding hydrogens is 201 g/mol. The maximum absolute atomic E-state index is 13.7. The number of rotatable bonds is 0. The van der Waals surface area contributed by atoms with Gasteiger partial charge in [-0.3, -0.25) is 4.98 Å². The predicted molar refractivity (Wildman–Crippen MR) is 65.1 cm³/mol. The van der Waals surface area contributed by atoms with Crippen LogP contribution >= 0.6 is 0 Å². The molecule has 0 aliphatic heterocycles. The van der Waals surface area contributed by atoms with E-state index < -0.39 is 0 Å². The van der Waals surface area contributed by atoms with Crippen LogP contribution in [0.3, 0.4) is 0 Å². The van der Waals surface area contributed by atoms with E-state index in [4.69, 9.17) is 0 Å². The Bertz CT molecular complexity index is 538. The van der Waals surface area contributed by atoms with E-state index in [2.05, 4.69) is 25.8 Å². The molecule has 0 saturated heterocycles. The fourth-order valence-electron chi connectivity index (χ4n) is 1.96. The average Bonchev–Trinajstić information content (AvgIpc) is 2.17. The van der Waals surface area contributed by atoms with E-state index in [1.165, 1.54) is 6.07 Å². The summed E-state index contributed by atoms with van der Waals surface area (Å²) >= 11 is 0. The van der Waals surface area contributed by atoms with Crippen molar-refractivity contribution >= 4 is 10.9 Å². The van der Waals surface area contributed by atoms with Crippen molar-refractivity contribution < 1.29 is 4.39 Å². The monoisotopic (exact) mass is 217 g/mol. The smallest absolute Gasteiger partial charge is 0.149 e. The molecule has 0 unspecified atom stereocenters. The number of nitrogens with zero attached hydrogens (tertiary/aromatic N) is 1. The average molecular weight is 217 g/mol. The quantitative estimate of drug-likeness (QED) is 0.650. The molecule has 16 heavy (non-hydrogen) atoms. The van der Waals surface area contributed by atoms with E-state index >= 15 is 0 Å². The number of halogens is 1. The highest BCUT2D eigenvalue weighted by Gasteiger charge is 2.18. The Hall–Kier alpha value is -1.44. The van der Waals surface area contributed by atoms with Gasteiger partial charge in [0, 0.05) is 11.1 Å². The predicted octanol–water partition coefficient (Wildman–Crippen LogP) is 3.98. The number of benzene rings is 1. The number of pyridine rings is 1.